The van der Waals surface area contributed by atoms with Gasteiger partial charge in [-0.3, -0.25) is 4.79 Å². The van der Waals surface area contributed by atoms with E-state index in [1.165, 1.54) is 24.3 Å². The lowest BCUT2D eigenvalue weighted by Crippen LogP contribution is -2.32. The average molecular weight is 297 g/mol. The second-order valence-corrected chi connectivity index (χ2v) is 4.31. The molecular weight excluding hydrogens is 289 g/mol. The Hall–Kier alpha value is -1.04. The minimum Gasteiger partial charge on any atom is -0.508 e. The minimum atomic E-state index is -4.83. The normalized spacial score (nSPS) is 13.5. The average Bonchev–Trinajstić information content (AvgIpc) is 2.19. The van der Waals surface area contributed by atoms with Crippen molar-refractivity contribution in [2.75, 3.05) is 0 Å². The van der Waals surface area contributed by atoms with E-state index in [0.717, 1.165) is 0 Å². The van der Waals surface area contributed by atoms with Gasteiger partial charge >= 0.3 is 6.18 Å². The van der Waals surface area contributed by atoms with Gasteiger partial charge in [-0.2, -0.15) is 13.2 Å². The van der Waals surface area contributed by atoms with E-state index in [-0.39, 0.29) is 12.2 Å². The summed E-state index contributed by atoms with van der Waals surface area (Å²) in [7, 11) is 0. The van der Waals surface area contributed by atoms with Crippen LogP contribution in [0.15, 0.2) is 24.3 Å². The summed E-state index contributed by atoms with van der Waals surface area (Å²) in [5.41, 5.74) is 0.539. The second-order valence-electron chi connectivity index (χ2n) is 3.20. The Morgan fingerprint density at radius 2 is 1.81 bits per heavy atom. The molecule has 0 saturated heterocycles. The summed E-state index contributed by atoms with van der Waals surface area (Å²) in [4.78, 5) is 9.52. The number of carbonyl (C=O) groups excluding carboxylic acids is 1. The summed E-state index contributed by atoms with van der Waals surface area (Å²) < 4.78 is 36.1. The van der Waals surface area contributed by atoms with E-state index in [2.05, 4.69) is 15.9 Å². The van der Waals surface area contributed by atoms with Crippen LogP contribution in [0.3, 0.4) is 0 Å². The number of phenolic OH excluding ortho intramolecular Hbond substituents is 1. The molecule has 0 aliphatic carbocycles. The lowest BCUT2D eigenvalue weighted by Gasteiger charge is -2.11. The Labute approximate surface area is 98.2 Å². The Kier molecular flexibility index (Phi) is 3.96. The van der Waals surface area contributed by atoms with E-state index in [9.17, 15) is 18.0 Å². The van der Waals surface area contributed by atoms with Gasteiger partial charge in [0, 0.05) is 0 Å². The fourth-order valence-electron chi connectivity index (χ4n) is 1.11. The van der Waals surface area contributed by atoms with E-state index in [1.807, 2.05) is 0 Å². The van der Waals surface area contributed by atoms with Gasteiger partial charge in [-0.1, -0.05) is 28.1 Å². The molecule has 88 valence electrons. The predicted molar refractivity (Wildman–Crippen MR) is 55.6 cm³/mol. The predicted octanol–water partition coefficient (Wildman–Crippen LogP) is 2.83. The molecule has 0 aliphatic rings. The fourth-order valence-corrected chi connectivity index (χ4v) is 1.74. The smallest absolute Gasteiger partial charge is 0.451 e. The van der Waals surface area contributed by atoms with Gasteiger partial charge in [-0.05, 0) is 24.1 Å². The SMILES string of the molecule is O=C(C(Br)Cc1ccc(O)cc1)C(F)(F)F. The summed E-state index contributed by atoms with van der Waals surface area (Å²) >= 11 is 2.70. The lowest BCUT2D eigenvalue weighted by molar-refractivity contribution is -0.170. The standard InChI is InChI=1S/C10H8BrF3O2/c11-8(9(16)10(12,13)14)5-6-1-3-7(15)4-2-6/h1-4,8,15H,5H2. The molecular formula is C10H8BrF3O2. The van der Waals surface area contributed by atoms with Gasteiger partial charge in [0.2, 0.25) is 5.78 Å². The first-order valence-corrected chi connectivity index (χ1v) is 5.25. The number of carbonyl (C=O) groups is 1. The Balaban J connectivity index is 2.68. The van der Waals surface area contributed by atoms with Crippen LogP contribution in [0.2, 0.25) is 0 Å². The monoisotopic (exact) mass is 296 g/mol. The van der Waals surface area contributed by atoms with Crippen LogP contribution in [0.5, 0.6) is 5.75 Å². The van der Waals surface area contributed by atoms with E-state index in [1.54, 1.807) is 0 Å². The highest BCUT2D eigenvalue weighted by Gasteiger charge is 2.42. The molecule has 0 heterocycles. The van der Waals surface area contributed by atoms with Gasteiger partial charge < -0.3 is 5.11 Å². The minimum absolute atomic E-state index is 0.0250. The molecule has 0 saturated carbocycles. The number of halogens is 4. The highest BCUT2D eigenvalue weighted by Crippen LogP contribution is 2.24. The van der Waals surface area contributed by atoms with Crippen LogP contribution < -0.4 is 0 Å². The summed E-state index contributed by atoms with van der Waals surface area (Å²) in [5, 5.41) is 8.97. The molecule has 16 heavy (non-hydrogen) atoms. The molecule has 1 rings (SSSR count). The van der Waals surface area contributed by atoms with E-state index in [4.69, 9.17) is 5.11 Å². The molecule has 1 atom stereocenters. The van der Waals surface area contributed by atoms with E-state index < -0.39 is 16.8 Å². The Bertz CT molecular complexity index is 373. The van der Waals surface area contributed by atoms with Crippen LogP contribution in [-0.2, 0) is 11.2 Å². The maximum absolute atomic E-state index is 12.0. The molecule has 0 bridgehead atoms. The van der Waals surface area contributed by atoms with Crippen molar-refractivity contribution in [2.45, 2.75) is 17.4 Å². The number of rotatable bonds is 3. The lowest BCUT2D eigenvalue weighted by atomic mass is 10.1. The number of hydrogen-bond acceptors (Lipinski definition) is 2. The first-order valence-electron chi connectivity index (χ1n) is 4.33. The van der Waals surface area contributed by atoms with Gasteiger partial charge in [0.05, 0.1) is 4.83 Å². The van der Waals surface area contributed by atoms with Gasteiger partial charge in [-0.25, -0.2) is 0 Å². The third kappa shape index (κ3) is 3.52. The molecule has 6 heteroatoms. The van der Waals surface area contributed by atoms with Crippen molar-refractivity contribution in [3.05, 3.63) is 29.8 Å². The van der Waals surface area contributed by atoms with Crippen LogP contribution in [0, 0.1) is 0 Å². The molecule has 1 aromatic carbocycles. The number of benzene rings is 1. The van der Waals surface area contributed by atoms with Crippen LogP contribution in [0.4, 0.5) is 13.2 Å². The van der Waals surface area contributed by atoms with Crippen molar-refractivity contribution >= 4 is 21.7 Å². The van der Waals surface area contributed by atoms with Crippen LogP contribution in [0.25, 0.3) is 0 Å². The molecule has 1 aromatic rings. The molecule has 2 nitrogen and oxygen atoms in total. The number of phenols is 1. The Morgan fingerprint density at radius 1 is 1.31 bits per heavy atom. The third-order valence-corrected chi connectivity index (χ3v) is 2.65. The molecule has 0 radical (unpaired) electrons. The molecule has 0 aromatic heterocycles. The maximum Gasteiger partial charge on any atom is 0.451 e. The molecule has 0 spiro atoms. The first-order chi connectivity index (χ1) is 7.30. The molecule has 1 N–H and O–H groups in total. The molecule has 1 unspecified atom stereocenters. The first kappa shape index (κ1) is 13.0. The number of alkyl halides is 4. The summed E-state index contributed by atoms with van der Waals surface area (Å²) in [6.07, 6.45) is -4.90. The molecule has 0 fully saturated rings. The fraction of sp³-hybridized carbons (Fsp3) is 0.300. The van der Waals surface area contributed by atoms with Crippen molar-refractivity contribution < 1.29 is 23.1 Å². The molecule has 0 aliphatic heterocycles. The number of hydrogen-bond donors (Lipinski definition) is 1. The zero-order valence-corrected chi connectivity index (χ0v) is 9.55. The van der Waals surface area contributed by atoms with Gasteiger partial charge in [0.15, 0.2) is 0 Å². The van der Waals surface area contributed by atoms with Crippen LogP contribution >= 0.6 is 15.9 Å². The van der Waals surface area contributed by atoms with Crippen molar-refractivity contribution in [3.8, 4) is 5.75 Å². The number of Topliss-reactive ketones (excluding diaryl/α,β-unsaturated/α-hetero) is 1. The number of aromatic hydroxyl groups is 1. The van der Waals surface area contributed by atoms with Crippen molar-refractivity contribution in [1.82, 2.24) is 0 Å². The van der Waals surface area contributed by atoms with Crippen LogP contribution in [0.1, 0.15) is 5.56 Å². The number of ketones is 1. The van der Waals surface area contributed by atoms with Gasteiger partial charge in [-0.15, -0.1) is 0 Å². The van der Waals surface area contributed by atoms with Crippen molar-refractivity contribution in [1.29, 1.82) is 0 Å². The highest BCUT2D eigenvalue weighted by molar-refractivity contribution is 9.10. The highest BCUT2D eigenvalue weighted by atomic mass is 79.9. The van der Waals surface area contributed by atoms with Gasteiger partial charge in [0.1, 0.15) is 5.75 Å². The quantitative estimate of drug-likeness (QED) is 0.871. The van der Waals surface area contributed by atoms with E-state index >= 15 is 0 Å². The van der Waals surface area contributed by atoms with Crippen molar-refractivity contribution in [2.24, 2.45) is 0 Å². The summed E-state index contributed by atoms with van der Waals surface area (Å²) in [6.45, 7) is 0. The maximum atomic E-state index is 12.0. The third-order valence-electron chi connectivity index (χ3n) is 1.92. The van der Waals surface area contributed by atoms with Crippen molar-refractivity contribution in [3.63, 3.8) is 0 Å². The summed E-state index contributed by atoms with van der Waals surface area (Å²) in [6, 6.07) is 5.64. The summed E-state index contributed by atoms with van der Waals surface area (Å²) in [5.74, 6) is -1.78. The molecule has 0 amide bonds. The Morgan fingerprint density at radius 3 is 2.25 bits per heavy atom. The topological polar surface area (TPSA) is 37.3 Å². The second kappa shape index (κ2) is 4.86. The zero-order valence-electron chi connectivity index (χ0n) is 7.96. The van der Waals surface area contributed by atoms with E-state index in [0.29, 0.717) is 5.56 Å². The van der Waals surface area contributed by atoms with Crippen LogP contribution in [-0.4, -0.2) is 21.9 Å². The van der Waals surface area contributed by atoms with Gasteiger partial charge in [0.25, 0.3) is 0 Å². The zero-order chi connectivity index (χ0) is 12.3. The largest absolute Gasteiger partial charge is 0.508 e.